The fourth-order valence-electron chi connectivity index (χ4n) is 3.27. The van der Waals surface area contributed by atoms with E-state index in [2.05, 4.69) is 20.5 Å². The Morgan fingerprint density at radius 3 is 2.57 bits per heavy atom. The zero-order valence-corrected chi connectivity index (χ0v) is 15.2. The molecular weight excluding hydrogens is 365 g/mol. The van der Waals surface area contributed by atoms with Crippen LogP contribution < -0.4 is 0 Å². The molecule has 1 aromatic carbocycles. The first kappa shape index (κ1) is 18.0. The largest absolute Gasteiger partial charge is 0.338 e. The molecule has 0 unspecified atom stereocenters. The maximum atomic E-state index is 13.4. The summed E-state index contributed by atoms with van der Waals surface area (Å²) in [5.41, 5.74) is 1.57. The molecule has 0 atom stereocenters. The first-order valence-electron chi connectivity index (χ1n) is 8.86. The molecule has 1 aliphatic heterocycles. The van der Waals surface area contributed by atoms with Gasteiger partial charge in [0, 0.05) is 37.6 Å². The second-order valence-corrected chi connectivity index (χ2v) is 6.64. The number of fused-ring (bicyclic) bond motifs is 1. The molecular formula is C18H18FN7O2. The molecule has 9 nitrogen and oxygen atoms in total. The Morgan fingerprint density at radius 1 is 1.11 bits per heavy atom. The topological polar surface area (TPSA) is 97.1 Å². The summed E-state index contributed by atoms with van der Waals surface area (Å²) in [6, 6.07) is 6.06. The van der Waals surface area contributed by atoms with Crippen molar-refractivity contribution in [2.45, 2.75) is 13.5 Å². The summed E-state index contributed by atoms with van der Waals surface area (Å²) in [6.07, 6.45) is 1.39. The molecule has 0 radical (unpaired) electrons. The molecule has 10 heteroatoms. The van der Waals surface area contributed by atoms with E-state index in [9.17, 15) is 14.0 Å². The summed E-state index contributed by atoms with van der Waals surface area (Å²) in [5, 5.41) is 11.4. The van der Waals surface area contributed by atoms with Crippen LogP contribution in [0.5, 0.6) is 0 Å². The lowest BCUT2D eigenvalue weighted by molar-refractivity contribution is -0.133. The molecule has 144 valence electrons. The van der Waals surface area contributed by atoms with Crippen LogP contribution in [0.25, 0.3) is 10.9 Å². The van der Waals surface area contributed by atoms with Gasteiger partial charge >= 0.3 is 0 Å². The molecule has 3 aromatic rings. The Balaban J connectivity index is 1.44. The number of hydrogen-bond donors (Lipinski definition) is 0. The number of carbonyl (C=O) groups excluding carboxylic acids is 2. The number of amides is 2. The van der Waals surface area contributed by atoms with E-state index >= 15 is 0 Å². The number of benzene rings is 1. The van der Waals surface area contributed by atoms with Crippen LogP contribution in [0.15, 0.2) is 30.6 Å². The summed E-state index contributed by atoms with van der Waals surface area (Å²) in [6.45, 7) is 3.56. The van der Waals surface area contributed by atoms with Crippen molar-refractivity contribution < 1.29 is 14.0 Å². The number of aromatic nitrogens is 5. The summed E-state index contributed by atoms with van der Waals surface area (Å²) in [5.74, 6) is -0.588. The minimum Gasteiger partial charge on any atom is -0.338 e. The first-order valence-corrected chi connectivity index (χ1v) is 8.86. The maximum Gasteiger partial charge on any atom is 0.255 e. The third-order valence-corrected chi connectivity index (χ3v) is 4.81. The number of hydrogen-bond acceptors (Lipinski definition) is 6. The van der Waals surface area contributed by atoms with E-state index < -0.39 is 0 Å². The second-order valence-electron chi connectivity index (χ2n) is 6.64. The van der Waals surface area contributed by atoms with E-state index in [0.717, 1.165) is 0 Å². The highest BCUT2D eigenvalue weighted by atomic mass is 19.1. The number of aryl methyl sites for hydroxylation is 1. The van der Waals surface area contributed by atoms with Gasteiger partial charge in [0.25, 0.3) is 5.91 Å². The number of rotatable bonds is 3. The van der Waals surface area contributed by atoms with E-state index in [1.54, 1.807) is 28.9 Å². The molecule has 1 aliphatic rings. The van der Waals surface area contributed by atoms with Crippen molar-refractivity contribution >= 4 is 22.7 Å². The highest BCUT2D eigenvalue weighted by Gasteiger charge is 2.26. The van der Waals surface area contributed by atoms with Gasteiger partial charge in [-0.3, -0.25) is 14.6 Å². The van der Waals surface area contributed by atoms with Crippen LogP contribution in [0, 0.1) is 12.7 Å². The number of pyridine rings is 1. The van der Waals surface area contributed by atoms with Gasteiger partial charge in [-0.1, -0.05) is 0 Å². The fraction of sp³-hybridized carbons (Fsp3) is 0.333. The average molecular weight is 383 g/mol. The van der Waals surface area contributed by atoms with Gasteiger partial charge in [-0.25, -0.2) is 9.07 Å². The van der Waals surface area contributed by atoms with Crippen LogP contribution in [0.4, 0.5) is 4.39 Å². The Labute approximate surface area is 159 Å². The molecule has 1 fully saturated rings. The lowest BCUT2D eigenvalue weighted by Crippen LogP contribution is -2.51. The Kier molecular flexibility index (Phi) is 4.68. The summed E-state index contributed by atoms with van der Waals surface area (Å²) >= 11 is 0. The van der Waals surface area contributed by atoms with Crippen molar-refractivity contribution in [3.05, 3.63) is 47.7 Å². The third kappa shape index (κ3) is 3.53. The maximum absolute atomic E-state index is 13.4. The summed E-state index contributed by atoms with van der Waals surface area (Å²) in [7, 11) is 0. The SMILES string of the molecule is Cc1nc2cc(F)ccc2cc1C(=O)N1CCN(C(=O)Cn2cnnn2)CC1. The van der Waals surface area contributed by atoms with E-state index in [0.29, 0.717) is 48.3 Å². The van der Waals surface area contributed by atoms with Crippen LogP contribution in [0.2, 0.25) is 0 Å². The normalized spacial score (nSPS) is 14.5. The van der Waals surface area contributed by atoms with Gasteiger partial charge in [-0.2, -0.15) is 0 Å². The smallest absolute Gasteiger partial charge is 0.255 e. The van der Waals surface area contributed by atoms with Crippen LogP contribution in [-0.4, -0.2) is 73.0 Å². The molecule has 0 N–H and O–H groups in total. The zero-order valence-electron chi connectivity index (χ0n) is 15.2. The van der Waals surface area contributed by atoms with Crippen LogP contribution in [-0.2, 0) is 11.3 Å². The monoisotopic (exact) mass is 383 g/mol. The van der Waals surface area contributed by atoms with E-state index in [4.69, 9.17) is 0 Å². The minimum absolute atomic E-state index is 0.0746. The highest BCUT2D eigenvalue weighted by Crippen LogP contribution is 2.20. The second kappa shape index (κ2) is 7.29. The Morgan fingerprint density at radius 2 is 1.86 bits per heavy atom. The average Bonchev–Trinajstić information content (AvgIpc) is 3.20. The van der Waals surface area contributed by atoms with Crippen molar-refractivity contribution in [3.63, 3.8) is 0 Å². The van der Waals surface area contributed by atoms with Gasteiger partial charge in [-0.15, -0.1) is 5.10 Å². The number of tetrazole rings is 1. The van der Waals surface area contributed by atoms with Crippen LogP contribution in [0.3, 0.4) is 0 Å². The van der Waals surface area contributed by atoms with Crippen molar-refractivity contribution in [1.29, 1.82) is 0 Å². The summed E-state index contributed by atoms with van der Waals surface area (Å²) in [4.78, 5) is 33.0. The third-order valence-electron chi connectivity index (χ3n) is 4.81. The van der Waals surface area contributed by atoms with Crippen LogP contribution >= 0.6 is 0 Å². The molecule has 0 saturated carbocycles. The molecule has 0 aliphatic carbocycles. The lowest BCUT2D eigenvalue weighted by Gasteiger charge is -2.35. The van der Waals surface area contributed by atoms with Gasteiger partial charge in [0.1, 0.15) is 18.7 Å². The molecule has 3 heterocycles. The van der Waals surface area contributed by atoms with Crippen molar-refractivity contribution in [3.8, 4) is 0 Å². The zero-order chi connectivity index (χ0) is 19.7. The van der Waals surface area contributed by atoms with Crippen molar-refractivity contribution in [1.82, 2.24) is 35.0 Å². The van der Waals surface area contributed by atoms with E-state index in [1.807, 2.05) is 0 Å². The quantitative estimate of drug-likeness (QED) is 0.659. The number of nitrogens with zero attached hydrogens (tertiary/aromatic N) is 7. The molecule has 0 spiro atoms. The molecule has 2 aromatic heterocycles. The molecule has 0 bridgehead atoms. The Hall–Kier alpha value is -3.43. The van der Waals surface area contributed by atoms with Gasteiger partial charge < -0.3 is 9.80 Å². The van der Waals surface area contributed by atoms with Gasteiger partial charge in [0.15, 0.2) is 0 Å². The van der Waals surface area contributed by atoms with Gasteiger partial charge in [-0.05, 0) is 35.5 Å². The van der Waals surface area contributed by atoms with Gasteiger partial charge in [0.05, 0.1) is 16.8 Å². The molecule has 2 amide bonds. The summed E-state index contributed by atoms with van der Waals surface area (Å²) < 4.78 is 14.7. The lowest BCUT2D eigenvalue weighted by atomic mass is 10.1. The standard InChI is InChI=1S/C18H18FN7O2/c1-12-15(8-13-2-3-14(19)9-16(13)21-12)18(28)25-6-4-24(5-7-25)17(27)10-26-11-20-22-23-26/h2-3,8-9,11H,4-7,10H2,1H3. The minimum atomic E-state index is -0.360. The predicted molar refractivity (Wildman–Crippen MR) is 96.7 cm³/mol. The van der Waals surface area contributed by atoms with E-state index in [1.165, 1.54) is 23.1 Å². The van der Waals surface area contributed by atoms with Gasteiger partial charge in [0.2, 0.25) is 5.91 Å². The number of halogens is 1. The highest BCUT2D eigenvalue weighted by molar-refractivity contribution is 5.98. The Bertz CT molecular complexity index is 1030. The number of carbonyl (C=O) groups is 2. The molecule has 4 rings (SSSR count). The van der Waals surface area contributed by atoms with Crippen molar-refractivity contribution in [2.24, 2.45) is 0 Å². The first-order chi connectivity index (χ1) is 13.5. The fourth-order valence-corrected chi connectivity index (χ4v) is 3.27. The number of piperazine rings is 1. The van der Waals surface area contributed by atoms with Crippen LogP contribution in [0.1, 0.15) is 16.1 Å². The predicted octanol–water partition coefficient (Wildman–Crippen LogP) is 0.653. The van der Waals surface area contributed by atoms with E-state index in [-0.39, 0.29) is 24.2 Å². The van der Waals surface area contributed by atoms with Crippen molar-refractivity contribution in [2.75, 3.05) is 26.2 Å². The molecule has 28 heavy (non-hydrogen) atoms. The molecule has 1 saturated heterocycles.